The molecule has 0 fully saturated rings. The lowest BCUT2D eigenvalue weighted by Gasteiger charge is -2.32. The molecule has 1 aromatic carbocycles. The number of aliphatic imine (C=N–C) groups is 1. The molecule has 0 amide bonds. The molecule has 1 N–H and O–H groups in total. The van der Waals surface area contributed by atoms with Crippen LogP contribution in [0, 0.1) is 0 Å². The Labute approximate surface area is 97.9 Å². The zero-order valence-electron chi connectivity index (χ0n) is 8.46. The number of aryl methyl sites for hydroxylation is 1. The van der Waals surface area contributed by atoms with Gasteiger partial charge in [-0.3, -0.25) is 4.99 Å². The first-order valence-corrected chi connectivity index (χ1v) is 6.12. The molecule has 0 bridgehead atoms. The summed E-state index contributed by atoms with van der Waals surface area (Å²) in [6.07, 6.45) is 5.24. The summed E-state index contributed by atoms with van der Waals surface area (Å²) in [6, 6.07) is 6.49. The lowest BCUT2D eigenvalue weighted by Crippen LogP contribution is -2.38. The molecular weight excluding hydrogens is 252 g/mol. The molecule has 1 spiro atoms. The van der Waals surface area contributed by atoms with Crippen molar-refractivity contribution in [1.82, 2.24) is 5.32 Å². The fourth-order valence-electron chi connectivity index (χ4n) is 2.55. The molecule has 2 nitrogen and oxygen atoms in total. The van der Waals surface area contributed by atoms with Gasteiger partial charge >= 0.3 is 0 Å². The third-order valence-corrected chi connectivity index (χ3v) is 4.19. The maximum Gasteiger partial charge on any atom is 0.0840 e. The van der Waals surface area contributed by atoms with Gasteiger partial charge in [-0.05, 0) is 30.0 Å². The molecule has 15 heavy (non-hydrogen) atoms. The average molecular weight is 265 g/mol. The van der Waals surface area contributed by atoms with Crippen molar-refractivity contribution in [3.63, 3.8) is 0 Å². The summed E-state index contributed by atoms with van der Waals surface area (Å²) in [5.74, 6) is 0. The van der Waals surface area contributed by atoms with Crippen LogP contribution in [0.3, 0.4) is 0 Å². The van der Waals surface area contributed by atoms with Gasteiger partial charge in [-0.25, -0.2) is 0 Å². The monoisotopic (exact) mass is 264 g/mol. The van der Waals surface area contributed by atoms with E-state index in [9.17, 15) is 0 Å². The zero-order valence-corrected chi connectivity index (χ0v) is 10.0. The standard InChI is InChI=1S/C12H13BrN2/c13-11-3-1-2-9-4-5-12(6-10(9)11)7-14-8-15-12/h1-3,8H,4-7H2,(H,14,15). The van der Waals surface area contributed by atoms with Crippen molar-refractivity contribution in [3.8, 4) is 0 Å². The maximum absolute atomic E-state index is 4.61. The zero-order chi connectivity index (χ0) is 10.3. The molecule has 1 unspecified atom stereocenters. The van der Waals surface area contributed by atoms with Crippen LogP contribution >= 0.6 is 15.9 Å². The van der Waals surface area contributed by atoms with Crippen LogP contribution < -0.4 is 5.32 Å². The number of fused-ring (bicyclic) bond motifs is 1. The summed E-state index contributed by atoms with van der Waals surface area (Å²) < 4.78 is 1.24. The van der Waals surface area contributed by atoms with Crippen molar-refractivity contribution < 1.29 is 0 Å². The quantitative estimate of drug-likeness (QED) is 0.764. The van der Waals surface area contributed by atoms with Crippen molar-refractivity contribution in [1.29, 1.82) is 0 Å². The first-order valence-electron chi connectivity index (χ1n) is 5.32. The number of hydrogen-bond acceptors (Lipinski definition) is 2. The molecule has 0 radical (unpaired) electrons. The van der Waals surface area contributed by atoms with Crippen LogP contribution in [-0.2, 0) is 12.8 Å². The van der Waals surface area contributed by atoms with Gasteiger partial charge in [0.05, 0.1) is 11.9 Å². The Morgan fingerprint density at radius 2 is 2.33 bits per heavy atom. The van der Waals surface area contributed by atoms with Crippen molar-refractivity contribution in [2.75, 3.05) is 6.54 Å². The second kappa shape index (κ2) is 3.34. The van der Waals surface area contributed by atoms with Crippen LogP contribution in [0.2, 0.25) is 0 Å². The van der Waals surface area contributed by atoms with Gasteiger partial charge in [0, 0.05) is 17.4 Å². The van der Waals surface area contributed by atoms with Crippen LogP contribution in [-0.4, -0.2) is 18.4 Å². The van der Waals surface area contributed by atoms with Gasteiger partial charge in [0.25, 0.3) is 0 Å². The maximum atomic E-state index is 4.61. The largest absolute Gasteiger partial charge is 0.374 e. The fourth-order valence-corrected chi connectivity index (χ4v) is 3.09. The third-order valence-electron chi connectivity index (χ3n) is 3.44. The molecule has 2 aliphatic rings. The summed E-state index contributed by atoms with van der Waals surface area (Å²) in [6.45, 7) is 0.994. The van der Waals surface area contributed by atoms with Crippen LogP contribution in [0.4, 0.5) is 0 Å². The SMILES string of the molecule is Brc1cccc2c1CC1(CC2)CNC=N1. The normalized spacial score (nSPS) is 27.8. The van der Waals surface area contributed by atoms with Crippen molar-refractivity contribution in [2.45, 2.75) is 24.8 Å². The molecule has 1 aliphatic heterocycles. The van der Waals surface area contributed by atoms with E-state index in [1.165, 1.54) is 22.0 Å². The van der Waals surface area contributed by atoms with E-state index in [1.807, 2.05) is 6.34 Å². The lowest BCUT2D eigenvalue weighted by molar-refractivity contribution is 0.393. The van der Waals surface area contributed by atoms with E-state index in [0.717, 1.165) is 19.4 Å². The number of nitrogens with one attached hydrogen (secondary N) is 1. The highest BCUT2D eigenvalue weighted by atomic mass is 79.9. The minimum atomic E-state index is 0.136. The highest BCUT2D eigenvalue weighted by Crippen LogP contribution is 2.35. The molecule has 0 aromatic heterocycles. The molecule has 1 aliphatic carbocycles. The first kappa shape index (κ1) is 9.40. The van der Waals surface area contributed by atoms with Crippen LogP contribution in [0.25, 0.3) is 0 Å². The van der Waals surface area contributed by atoms with E-state index in [2.05, 4.69) is 44.4 Å². The Kier molecular flexibility index (Phi) is 2.09. The number of rotatable bonds is 0. The predicted octanol–water partition coefficient (Wildman–Crippen LogP) is 2.31. The summed E-state index contributed by atoms with van der Waals surface area (Å²) in [7, 11) is 0. The van der Waals surface area contributed by atoms with Gasteiger partial charge in [-0.1, -0.05) is 28.1 Å². The van der Waals surface area contributed by atoms with Gasteiger partial charge in [0.1, 0.15) is 0 Å². The van der Waals surface area contributed by atoms with Crippen molar-refractivity contribution >= 4 is 22.3 Å². The van der Waals surface area contributed by atoms with Gasteiger partial charge < -0.3 is 5.32 Å². The Morgan fingerprint density at radius 3 is 3.13 bits per heavy atom. The smallest absolute Gasteiger partial charge is 0.0840 e. The van der Waals surface area contributed by atoms with Crippen molar-refractivity contribution in [2.24, 2.45) is 4.99 Å². The highest BCUT2D eigenvalue weighted by Gasteiger charge is 2.36. The second-order valence-electron chi connectivity index (χ2n) is 4.42. The van der Waals surface area contributed by atoms with Crippen LogP contribution in [0.5, 0.6) is 0 Å². The minimum absolute atomic E-state index is 0.136. The van der Waals surface area contributed by atoms with Gasteiger partial charge in [0.2, 0.25) is 0 Å². The van der Waals surface area contributed by atoms with Gasteiger partial charge in [-0.15, -0.1) is 0 Å². The Bertz CT molecular complexity index is 428. The molecule has 1 atom stereocenters. The molecule has 1 heterocycles. The van der Waals surface area contributed by atoms with E-state index in [-0.39, 0.29) is 5.54 Å². The summed E-state index contributed by atoms with van der Waals surface area (Å²) >= 11 is 3.64. The molecule has 3 rings (SSSR count). The molecule has 3 heteroatoms. The second-order valence-corrected chi connectivity index (χ2v) is 5.27. The molecular formula is C12H13BrN2. The van der Waals surface area contributed by atoms with Crippen molar-refractivity contribution in [3.05, 3.63) is 33.8 Å². The number of halogens is 1. The van der Waals surface area contributed by atoms with Gasteiger partial charge in [0.15, 0.2) is 0 Å². The van der Waals surface area contributed by atoms with E-state index in [4.69, 9.17) is 0 Å². The molecule has 0 saturated carbocycles. The van der Waals surface area contributed by atoms with E-state index >= 15 is 0 Å². The van der Waals surface area contributed by atoms with Crippen LogP contribution in [0.1, 0.15) is 17.5 Å². The number of benzene rings is 1. The number of nitrogens with zero attached hydrogens (tertiary/aromatic N) is 1. The Morgan fingerprint density at radius 1 is 1.40 bits per heavy atom. The minimum Gasteiger partial charge on any atom is -0.374 e. The van der Waals surface area contributed by atoms with E-state index in [0.29, 0.717) is 0 Å². The summed E-state index contributed by atoms with van der Waals surface area (Å²) in [5, 5.41) is 3.23. The molecule has 78 valence electrons. The number of hydrogen-bond donors (Lipinski definition) is 1. The summed E-state index contributed by atoms with van der Waals surface area (Å²) in [5.41, 5.74) is 3.07. The first-order chi connectivity index (χ1) is 7.29. The van der Waals surface area contributed by atoms with Gasteiger partial charge in [-0.2, -0.15) is 0 Å². The third kappa shape index (κ3) is 1.49. The topological polar surface area (TPSA) is 24.4 Å². The van der Waals surface area contributed by atoms with Crippen LogP contribution in [0.15, 0.2) is 27.7 Å². The lowest BCUT2D eigenvalue weighted by atomic mass is 9.79. The van der Waals surface area contributed by atoms with E-state index in [1.54, 1.807) is 0 Å². The highest BCUT2D eigenvalue weighted by molar-refractivity contribution is 9.10. The fraction of sp³-hybridized carbons (Fsp3) is 0.417. The van der Waals surface area contributed by atoms with E-state index < -0.39 is 0 Å². The average Bonchev–Trinajstić information content (AvgIpc) is 2.68. The molecule has 0 saturated heterocycles. The summed E-state index contributed by atoms with van der Waals surface area (Å²) in [4.78, 5) is 4.61. The molecule has 1 aromatic rings. The Hall–Kier alpha value is -0.830. The predicted molar refractivity (Wildman–Crippen MR) is 65.4 cm³/mol. The Balaban J connectivity index is 2.02.